The Morgan fingerprint density at radius 2 is 1.15 bits per heavy atom. The molecule has 0 aliphatic rings. The fraction of sp³-hybridized carbons (Fsp3) is 0.268. The Kier molecular flexibility index (Phi) is 7.55. The number of hydrogen-bond acceptors (Lipinski definition) is 4. The number of aromatic nitrogens is 3. The summed E-state index contributed by atoms with van der Waals surface area (Å²) in [6.07, 6.45) is 0. The van der Waals surface area contributed by atoms with Crippen LogP contribution in [0.3, 0.4) is 0 Å². The highest BCUT2D eigenvalue weighted by Crippen LogP contribution is 2.47. The van der Waals surface area contributed by atoms with Gasteiger partial charge in [-0.15, -0.1) is 15.0 Å². The van der Waals surface area contributed by atoms with Gasteiger partial charge in [-0.1, -0.05) is 133 Å². The van der Waals surface area contributed by atoms with Gasteiger partial charge in [0.25, 0.3) is 0 Å². The van der Waals surface area contributed by atoms with Crippen LogP contribution in [0.5, 0.6) is 11.5 Å². The number of aryl methyl sites for hydroxylation is 1. The van der Waals surface area contributed by atoms with Gasteiger partial charge in [0, 0.05) is 33.1 Å². The van der Waals surface area contributed by atoms with Gasteiger partial charge >= 0.3 is 0 Å². The molecule has 0 spiro atoms. The molecule has 0 aliphatic carbocycles. The lowest BCUT2D eigenvalue weighted by atomic mass is 9.71. The smallest absolute Gasteiger partial charge is 0.146 e. The van der Waals surface area contributed by atoms with Crippen molar-refractivity contribution in [3.05, 3.63) is 137 Å². The molecular formula is C41H43N3O2. The van der Waals surface area contributed by atoms with Crippen molar-refractivity contribution < 1.29 is 10.2 Å². The number of phenolic OH excluding ortho intramolecular Hbond substituents is 2. The quantitative estimate of drug-likeness (QED) is 0.197. The molecule has 0 atom stereocenters. The number of nitrogens with zero attached hydrogens (tertiary/aromatic N) is 3. The average molecular weight is 610 g/mol. The minimum atomic E-state index is -0.495. The van der Waals surface area contributed by atoms with Crippen LogP contribution in [0.25, 0.3) is 27.8 Å². The maximum atomic E-state index is 12.2. The fourth-order valence-corrected chi connectivity index (χ4v) is 6.45. The van der Waals surface area contributed by atoms with Crippen LogP contribution in [0, 0.1) is 6.92 Å². The summed E-state index contributed by atoms with van der Waals surface area (Å²) in [7, 11) is 0. The van der Waals surface area contributed by atoms with E-state index in [1.807, 2.05) is 61.5 Å². The van der Waals surface area contributed by atoms with E-state index in [9.17, 15) is 10.2 Å². The zero-order chi connectivity index (χ0) is 33.0. The van der Waals surface area contributed by atoms with E-state index in [4.69, 9.17) is 10.2 Å². The van der Waals surface area contributed by atoms with E-state index >= 15 is 0 Å². The third kappa shape index (κ3) is 5.34. The Balaban J connectivity index is 1.61. The van der Waals surface area contributed by atoms with Gasteiger partial charge in [-0.2, -0.15) is 0 Å². The molecule has 1 heterocycles. The standard InChI is InChI=1S/C41H43N3O2/c1-26-22-32(39(2,3)4)38(46)35(23-26)44-42-34-21-15-20-30(36(34)43-44)31-24-29(40(5,6)27-16-11-9-12-17-27)25-33(37(31)45)41(7,8)28-18-13-10-14-19-28/h9-25,45-46H,1-8H3. The van der Waals surface area contributed by atoms with Gasteiger partial charge in [0.2, 0.25) is 0 Å². The zero-order valence-corrected chi connectivity index (χ0v) is 28.1. The molecule has 234 valence electrons. The van der Waals surface area contributed by atoms with Gasteiger partial charge in [0.1, 0.15) is 28.2 Å². The van der Waals surface area contributed by atoms with Crippen LogP contribution in [0.1, 0.15) is 81.8 Å². The topological polar surface area (TPSA) is 71.2 Å². The maximum absolute atomic E-state index is 12.2. The van der Waals surface area contributed by atoms with Crippen molar-refractivity contribution in [2.45, 2.75) is 71.6 Å². The largest absolute Gasteiger partial charge is 0.507 e. The Bertz CT molecular complexity index is 2050. The molecule has 0 bridgehead atoms. The van der Waals surface area contributed by atoms with Gasteiger partial charge in [-0.25, -0.2) is 0 Å². The first kappa shape index (κ1) is 31.1. The van der Waals surface area contributed by atoms with Crippen molar-refractivity contribution in [2.75, 3.05) is 0 Å². The Hall–Kier alpha value is -4.90. The van der Waals surface area contributed by atoms with E-state index in [1.165, 1.54) is 10.4 Å². The molecule has 5 nitrogen and oxygen atoms in total. The number of aromatic hydroxyl groups is 2. The Morgan fingerprint density at radius 3 is 1.76 bits per heavy atom. The van der Waals surface area contributed by atoms with Crippen molar-refractivity contribution in [2.24, 2.45) is 0 Å². The number of phenols is 2. The van der Waals surface area contributed by atoms with E-state index < -0.39 is 5.41 Å². The third-order valence-electron chi connectivity index (χ3n) is 9.46. The fourth-order valence-electron chi connectivity index (χ4n) is 6.45. The van der Waals surface area contributed by atoms with Crippen LogP contribution in [-0.4, -0.2) is 25.2 Å². The van der Waals surface area contributed by atoms with Crippen molar-refractivity contribution in [1.82, 2.24) is 15.0 Å². The highest BCUT2D eigenvalue weighted by atomic mass is 16.3. The summed E-state index contributed by atoms with van der Waals surface area (Å²) in [4.78, 5) is 1.52. The first-order chi connectivity index (χ1) is 21.7. The second kappa shape index (κ2) is 11.2. The van der Waals surface area contributed by atoms with E-state index in [0.717, 1.165) is 33.4 Å². The summed E-state index contributed by atoms with van der Waals surface area (Å²) in [5.41, 5.74) is 8.28. The average Bonchev–Trinajstić information content (AvgIpc) is 3.47. The monoisotopic (exact) mass is 609 g/mol. The third-order valence-corrected chi connectivity index (χ3v) is 9.46. The van der Waals surface area contributed by atoms with Crippen LogP contribution in [0.4, 0.5) is 0 Å². The van der Waals surface area contributed by atoms with Crippen LogP contribution in [-0.2, 0) is 16.2 Å². The van der Waals surface area contributed by atoms with Crippen molar-refractivity contribution in [1.29, 1.82) is 0 Å². The van der Waals surface area contributed by atoms with E-state index in [2.05, 4.69) is 97.0 Å². The molecule has 5 aromatic carbocycles. The van der Waals surface area contributed by atoms with Crippen molar-refractivity contribution >= 4 is 11.0 Å². The Labute approximate surface area is 272 Å². The van der Waals surface area contributed by atoms with Crippen LogP contribution >= 0.6 is 0 Å². The lowest BCUT2D eigenvalue weighted by molar-refractivity contribution is 0.440. The molecule has 0 fully saturated rings. The molecule has 0 saturated heterocycles. The number of hydrogen-bond donors (Lipinski definition) is 2. The predicted octanol–water partition coefficient (Wildman–Crippen LogP) is 9.76. The zero-order valence-electron chi connectivity index (χ0n) is 28.1. The number of rotatable bonds is 6. The van der Waals surface area contributed by atoms with Gasteiger partial charge in [-0.3, -0.25) is 0 Å². The highest BCUT2D eigenvalue weighted by Gasteiger charge is 2.33. The minimum Gasteiger partial charge on any atom is -0.507 e. The lowest BCUT2D eigenvalue weighted by Crippen LogP contribution is -2.23. The molecule has 0 aliphatic heterocycles. The molecule has 2 N–H and O–H groups in total. The molecular weight excluding hydrogens is 566 g/mol. The van der Waals surface area contributed by atoms with Gasteiger partial charge in [0.15, 0.2) is 0 Å². The minimum absolute atomic E-state index is 0.168. The molecule has 6 rings (SSSR count). The van der Waals surface area contributed by atoms with Gasteiger partial charge in [0.05, 0.1) is 0 Å². The highest BCUT2D eigenvalue weighted by molar-refractivity contribution is 5.94. The summed E-state index contributed by atoms with van der Waals surface area (Å²) >= 11 is 0. The molecule has 1 aromatic heterocycles. The lowest BCUT2D eigenvalue weighted by Gasteiger charge is -2.32. The van der Waals surface area contributed by atoms with Crippen LogP contribution < -0.4 is 0 Å². The van der Waals surface area contributed by atoms with Crippen LogP contribution in [0.2, 0.25) is 0 Å². The summed E-state index contributed by atoms with van der Waals surface area (Å²) in [6.45, 7) is 17.0. The van der Waals surface area contributed by atoms with Gasteiger partial charge in [-0.05, 0) is 52.8 Å². The molecule has 46 heavy (non-hydrogen) atoms. The predicted molar refractivity (Wildman–Crippen MR) is 188 cm³/mol. The second-order valence-corrected chi connectivity index (χ2v) is 14.5. The molecule has 5 heteroatoms. The molecule has 0 unspecified atom stereocenters. The van der Waals surface area contributed by atoms with Gasteiger partial charge < -0.3 is 10.2 Å². The van der Waals surface area contributed by atoms with E-state index in [1.54, 1.807) is 0 Å². The summed E-state index contributed by atoms with van der Waals surface area (Å²) in [5, 5.41) is 33.4. The Morgan fingerprint density at radius 1 is 0.543 bits per heavy atom. The summed E-state index contributed by atoms with van der Waals surface area (Å²) < 4.78 is 0. The first-order valence-corrected chi connectivity index (χ1v) is 15.9. The maximum Gasteiger partial charge on any atom is 0.146 e. The van der Waals surface area contributed by atoms with E-state index in [-0.39, 0.29) is 22.3 Å². The SMILES string of the molecule is Cc1cc(-n2nc3cccc(-c4cc(C(C)(C)c5ccccc5)cc(C(C)(C)c5ccccc5)c4O)c3n2)c(O)c(C(C)(C)C)c1. The van der Waals surface area contributed by atoms with Crippen molar-refractivity contribution in [3.8, 4) is 28.3 Å². The molecule has 0 saturated carbocycles. The second-order valence-electron chi connectivity index (χ2n) is 14.5. The number of fused-ring (bicyclic) bond motifs is 1. The van der Waals surface area contributed by atoms with Crippen molar-refractivity contribution in [3.63, 3.8) is 0 Å². The summed E-state index contributed by atoms with van der Waals surface area (Å²) in [5.74, 6) is 0.387. The summed E-state index contributed by atoms with van der Waals surface area (Å²) in [6, 6.07) is 34.8. The first-order valence-electron chi connectivity index (χ1n) is 15.9. The molecule has 0 radical (unpaired) electrons. The number of benzene rings is 5. The van der Waals surface area contributed by atoms with E-state index in [0.29, 0.717) is 22.3 Å². The normalized spacial score (nSPS) is 12.5. The van der Waals surface area contributed by atoms with Crippen LogP contribution in [0.15, 0.2) is 103 Å². The molecule has 6 aromatic rings. The molecule has 0 amide bonds.